The Hall–Kier alpha value is -0.940. The normalized spacial score (nSPS) is 36.1. The number of hydrogen-bond acceptors (Lipinski definition) is 5. The number of ketones is 1. The lowest BCUT2D eigenvalue weighted by Gasteiger charge is -2.41. The molecule has 0 aromatic rings. The van der Waals surface area contributed by atoms with Gasteiger partial charge in [-0.25, -0.2) is 4.79 Å². The van der Waals surface area contributed by atoms with E-state index in [9.17, 15) is 9.59 Å². The van der Waals surface area contributed by atoms with Crippen LogP contribution in [0.25, 0.3) is 0 Å². The van der Waals surface area contributed by atoms with Gasteiger partial charge in [0.05, 0.1) is 5.60 Å². The fourth-order valence-electron chi connectivity index (χ4n) is 3.32. The average molecular weight is 298 g/mol. The molecule has 2 aliphatic heterocycles. The van der Waals surface area contributed by atoms with E-state index in [1.54, 1.807) is 20.8 Å². The van der Waals surface area contributed by atoms with Crippen molar-refractivity contribution >= 4 is 11.8 Å². The van der Waals surface area contributed by atoms with Gasteiger partial charge >= 0.3 is 5.97 Å². The molecule has 5 nitrogen and oxygen atoms in total. The molecule has 0 saturated carbocycles. The van der Waals surface area contributed by atoms with Gasteiger partial charge in [0.1, 0.15) is 11.7 Å². The molecule has 21 heavy (non-hydrogen) atoms. The molecule has 0 aromatic carbocycles. The second-order valence-electron chi connectivity index (χ2n) is 7.41. The minimum Gasteiger partial charge on any atom is -0.457 e. The molecule has 2 fully saturated rings. The predicted octanol–water partition coefficient (Wildman–Crippen LogP) is 2.26. The Labute approximate surface area is 126 Å². The van der Waals surface area contributed by atoms with Gasteiger partial charge in [0, 0.05) is 20.0 Å². The molecule has 120 valence electrons. The smallest absolute Gasteiger partial charge is 0.349 e. The quantitative estimate of drug-likeness (QED) is 0.591. The topological polar surface area (TPSA) is 61.8 Å². The standard InChI is InChI=1S/C16H26O5/c1-10(2)15-8-7-11(17)16(21-15,12(9-15)19-6)13(18)20-14(3,4)5/h10,12H,7-9H2,1-6H3/t12-,15+,16-/m0/s1. The SMILES string of the molecule is CO[C@H]1C[C@@]2(C(C)C)CCC(=O)[C@]1(C(=O)OC(C)(C)C)O2. The summed E-state index contributed by atoms with van der Waals surface area (Å²) < 4.78 is 17.0. The van der Waals surface area contributed by atoms with E-state index in [0.29, 0.717) is 19.3 Å². The Morgan fingerprint density at radius 3 is 2.48 bits per heavy atom. The Morgan fingerprint density at radius 1 is 1.38 bits per heavy atom. The molecule has 2 bridgehead atoms. The average Bonchev–Trinajstić information content (AvgIpc) is 2.65. The molecule has 2 aliphatic rings. The van der Waals surface area contributed by atoms with Crippen molar-refractivity contribution in [2.24, 2.45) is 5.92 Å². The second-order valence-corrected chi connectivity index (χ2v) is 7.41. The molecule has 0 spiro atoms. The lowest BCUT2D eigenvalue weighted by atomic mass is 9.83. The van der Waals surface area contributed by atoms with Gasteiger partial charge in [-0.05, 0) is 33.1 Å². The van der Waals surface area contributed by atoms with Crippen LogP contribution in [-0.4, -0.2) is 41.8 Å². The molecule has 2 saturated heterocycles. The fraction of sp³-hybridized carbons (Fsp3) is 0.875. The zero-order chi connectivity index (χ0) is 16.1. The summed E-state index contributed by atoms with van der Waals surface area (Å²) in [6, 6.07) is 0. The van der Waals surface area contributed by atoms with Crippen LogP contribution in [0, 0.1) is 5.92 Å². The fourth-order valence-corrected chi connectivity index (χ4v) is 3.32. The summed E-state index contributed by atoms with van der Waals surface area (Å²) in [7, 11) is 1.52. The first-order valence-corrected chi connectivity index (χ1v) is 7.57. The number of Topliss-reactive ketones (excluding diaryl/α,β-unsaturated/α-hetero) is 1. The monoisotopic (exact) mass is 298 g/mol. The van der Waals surface area contributed by atoms with E-state index in [1.165, 1.54) is 7.11 Å². The Morgan fingerprint density at radius 2 is 2.00 bits per heavy atom. The zero-order valence-electron chi connectivity index (χ0n) is 13.8. The molecule has 2 heterocycles. The molecule has 0 radical (unpaired) electrons. The molecule has 5 heteroatoms. The van der Waals surface area contributed by atoms with Crippen LogP contribution >= 0.6 is 0 Å². The number of ether oxygens (including phenoxy) is 3. The van der Waals surface area contributed by atoms with Crippen molar-refractivity contribution in [1.29, 1.82) is 0 Å². The van der Waals surface area contributed by atoms with Crippen molar-refractivity contribution in [2.75, 3.05) is 7.11 Å². The van der Waals surface area contributed by atoms with Crippen LogP contribution in [0.1, 0.15) is 53.9 Å². The predicted molar refractivity (Wildman–Crippen MR) is 76.9 cm³/mol. The first-order chi connectivity index (χ1) is 9.57. The van der Waals surface area contributed by atoms with Gasteiger partial charge in [-0.2, -0.15) is 0 Å². The third-order valence-electron chi connectivity index (χ3n) is 4.58. The first-order valence-electron chi connectivity index (χ1n) is 7.57. The minimum atomic E-state index is -1.59. The number of fused-ring (bicyclic) bond motifs is 2. The van der Waals surface area contributed by atoms with Crippen molar-refractivity contribution in [3.05, 3.63) is 0 Å². The van der Waals surface area contributed by atoms with Crippen LogP contribution in [0.2, 0.25) is 0 Å². The van der Waals surface area contributed by atoms with Gasteiger partial charge < -0.3 is 14.2 Å². The van der Waals surface area contributed by atoms with Crippen molar-refractivity contribution in [2.45, 2.75) is 76.8 Å². The molecular formula is C16H26O5. The van der Waals surface area contributed by atoms with E-state index in [2.05, 4.69) is 0 Å². The summed E-state index contributed by atoms with van der Waals surface area (Å²) in [5.41, 5.74) is -2.75. The van der Waals surface area contributed by atoms with Gasteiger partial charge in [0.25, 0.3) is 0 Å². The van der Waals surface area contributed by atoms with E-state index < -0.39 is 28.9 Å². The summed E-state index contributed by atoms with van der Waals surface area (Å²) in [4.78, 5) is 25.2. The minimum absolute atomic E-state index is 0.201. The Bertz CT molecular complexity index is 450. The molecule has 0 amide bonds. The van der Waals surface area contributed by atoms with Gasteiger partial charge in [-0.15, -0.1) is 0 Å². The Balaban J connectivity index is 2.42. The van der Waals surface area contributed by atoms with E-state index in [0.717, 1.165) is 0 Å². The zero-order valence-corrected chi connectivity index (χ0v) is 13.8. The summed E-state index contributed by atoms with van der Waals surface area (Å²) in [6.07, 6.45) is 0.932. The lowest BCUT2D eigenvalue weighted by Crippen LogP contribution is -2.59. The van der Waals surface area contributed by atoms with Gasteiger partial charge in [-0.1, -0.05) is 13.8 Å². The summed E-state index contributed by atoms with van der Waals surface area (Å²) in [5.74, 6) is -0.640. The Kier molecular flexibility index (Phi) is 3.96. The highest BCUT2D eigenvalue weighted by Gasteiger charge is 2.69. The van der Waals surface area contributed by atoms with Crippen molar-refractivity contribution < 1.29 is 23.8 Å². The van der Waals surface area contributed by atoms with Crippen LogP contribution in [0.15, 0.2) is 0 Å². The van der Waals surface area contributed by atoms with Crippen LogP contribution in [0.3, 0.4) is 0 Å². The van der Waals surface area contributed by atoms with Crippen LogP contribution in [0.5, 0.6) is 0 Å². The number of hydrogen-bond donors (Lipinski definition) is 0. The van der Waals surface area contributed by atoms with Gasteiger partial charge in [-0.3, -0.25) is 4.79 Å². The van der Waals surface area contributed by atoms with Gasteiger partial charge in [0.15, 0.2) is 5.78 Å². The van der Waals surface area contributed by atoms with E-state index in [-0.39, 0.29) is 11.7 Å². The largest absolute Gasteiger partial charge is 0.457 e. The molecule has 0 aliphatic carbocycles. The number of rotatable bonds is 3. The summed E-state index contributed by atoms with van der Waals surface area (Å²) >= 11 is 0. The molecular weight excluding hydrogens is 272 g/mol. The van der Waals surface area contributed by atoms with E-state index >= 15 is 0 Å². The maximum absolute atomic E-state index is 12.7. The highest BCUT2D eigenvalue weighted by atomic mass is 16.6. The van der Waals surface area contributed by atoms with E-state index in [4.69, 9.17) is 14.2 Å². The molecule has 2 rings (SSSR count). The third kappa shape index (κ3) is 2.50. The molecule has 0 unspecified atom stereocenters. The number of methoxy groups -OCH3 is 1. The van der Waals surface area contributed by atoms with Crippen LogP contribution < -0.4 is 0 Å². The number of carbonyl (C=O) groups is 2. The molecule has 0 N–H and O–H groups in total. The van der Waals surface area contributed by atoms with Crippen molar-refractivity contribution in [3.8, 4) is 0 Å². The molecule has 3 atom stereocenters. The van der Waals surface area contributed by atoms with Crippen molar-refractivity contribution in [3.63, 3.8) is 0 Å². The maximum atomic E-state index is 12.7. The summed E-state index contributed by atoms with van der Waals surface area (Å²) in [6.45, 7) is 9.44. The first kappa shape index (κ1) is 16.4. The maximum Gasteiger partial charge on any atom is 0.349 e. The third-order valence-corrected chi connectivity index (χ3v) is 4.58. The van der Waals surface area contributed by atoms with Crippen LogP contribution in [-0.2, 0) is 23.8 Å². The second kappa shape index (κ2) is 5.06. The number of esters is 1. The van der Waals surface area contributed by atoms with Crippen LogP contribution in [0.4, 0.5) is 0 Å². The highest BCUT2D eigenvalue weighted by molar-refractivity contribution is 6.09. The number of carbonyl (C=O) groups excluding carboxylic acids is 2. The highest BCUT2D eigenvalue weighted by Crippen LogP contribution is 2.51. The molecule has 0 aromatic heterocycles. The van der Waals surface area contributed by atoms with E-state index in [1.807, 2.05) is 13.8 Å². The lowest BCUT2D eigenvalue weighted by molar-refractivity contribution is -0.212. The van der Waals surface area contributed by atoms with Gasteiger partial charge in [0.2, 0.25) is 5.60 Å². The van der Waals surface area contributed by atoms with Crippen molar-refractivity contribution in [1.82, 2.24) is 0 Å². The summed E-state index contributed by atoms with van der Waals surface area (Å²) in [5, 5.41) is 0.